The standard InChI is InChI=1S/C33H51NO3/c1-9-18-34-27(37)33-16-14-28(2,3)19-22(33)21-10-11-25-30(6)20-23(35)26(36)29(4,5)24(30)12-13-32(25,8)31(21,7)15-17-33/h1,10,22-26,35-36H,11-20H2,2-8H3,(H,34,37)/t22-,23+,24-,25+,26-,30-,31+,32+,33-/m0/s1. The third-order valence-corrected chi connectivity index (χ3v) is 13.4. The zero-order valence-electron chi connectivity index (χ0n) is 24.4. The molecule has 5 aliphatic carbocycles. The minimum Gasteiger partial charge on any atom is -0.390 e. The molecule has 0 saturated heterocycles. The van der Waals surface area contributed by atoms with E-state index >= 15 is 0 Å². The number of aliphatic hydroxyl groups excluding tert-OH is 2. The number of amides is 1. The van der Waals surface area contributed by atoms with Crippen LogP contribution < -0.4 is 5.32 Å². The molecule has 0 spiro atoms. The highest BCUT2D eigenvalue weighted by Crippen LogP contribution is 2.75. The lowest BCUT2D eigenvalue weighted by atomic mass is 9.33. The smallest absolute Gasteiger partial charge is 0.227 e. The summed E-state index contributed by atoms with van der Waals surface area (Å²) < 4.78 is 0. The zero-order chi connectivity index (χ0) is 27.2. The summed E-state index contributed by atoms with van der Waals surface area (Å²) in [6.45, 7) is 16.9. The molecule has 0 heterocycles. The molecule has 1 amide bonds. The van der Waals surface area contributed by atoms with Crippen molar-refractivity contribution in [2.75, 3.05) is 6.54 Å². The predicted molar refractivity (Wildman–Crippen MR) is 148 cm³/mol. The summed E-state index contributed by atoms with van der Waals surface area (Å²) in [5.74, 6) is 3.88. The second kappa shape index (κ2) is 8.34. The van der Waals surface area contributed by atoms with Gasteiger partial charge in [-0.15, -0.1) is 6.42 Å². The fourth-order valence-electron chi connectivity index (χ4n) is 11.1. The van der Waals surface area contributed by atoms with E-state index in [1.54, 1.807) is 5.57 Å². The molecule has 0 aliphatic heterocycles. The summed E-state index contributed by atoms with van der Waals surface area (Å²) in [6, 6.07) is 0. The number of rotatable bonds is 2. The van der Waals surface area contributed by atoms with Gasteiger partial charge < -0.3 is 15.5 Å². The molecule has 4 heteroatoms. The molecule has 0 aromatic rings. The second-order valence-electron chi connectivity index (χ2n) is 15.8. The van der Waals surface area contributed by atoms with Gasteiger partial charge in [0.2, 0.25) is 5.91 Å². The Kier molecular flexibility index (Phi) is 6.15. The summed E-state index contributed by atoms with van der Waals surface area (Å²) in [7, 11) is 0. The molecule has 37 heavy (non-hydrogen) atoms. The van der Waals surface area contributed by atoms with Crippen molar-refractivity contribution < 1.29 is 15.0 Å². The molecule has 9 atom stereocenters. The molecule has 0 aromatic heterocycles. The summed E-state index contributed by atoms with van der Waals surface area (Å²) in [6.07, 6.45) is 15.7. The first kappa shape index (κ1) is 27.3. The normalized spacial score (nSPS) is 49.7. The van der Waals surface area contributed by atoms with E-state index in [1.807, 2.05) is 0 Å². The molecule has 3 N–H and O–H groups in total. The summed E-state index contributed by atoms with van der Waals surface area (Å²) in [5.41, 5.74) is 1.21. The van der Waals surface area contributed by atoms with Crippen LogP contribution in [0.1, 0.15) is 106 Å². The Labute approximate surface area is 225 Å². The third-order valence-electron chi connectivity index (χ3n) is 13.4. The number of carbonyl (C=O) groups is 1. The van der Waals surface area contributed by atoms with Gasteiger partial charge in [-0.2, -0.15) is 0 Å². The number of terminal acetylenes is 1. The van der Waals surface area contributed by atoms with Crippen molar-refractivity contribution in [1.29, 1.82) is 0 Å². The van der Waals surface area contributed by atoms with Crippen LogP contribution in [0, 0.1) is 62.6 Å². The van der Waals surface area contributed by atoms with E-state index in [0.717, 1.165) is 51.4 Å². The molecule has 4 saturated carbocycles. The second-order valence-corrected chi connectivity index (χ2v) is 15.8. The van der Waals surface area contributed by atoms with Gasteiger partial charge in [-0.05, 0) is 103 Å². The maximum atomic E-state index is 13.8. The van der Waals surface area contributed by atoms with E-state index in [-0.39, 0.29) is 44.3 Å². The number of carbonyl (C=O) groups excluding carboxylic acids is 1. The number of nitrogens with one attached hydrogen (secondary N) is 1. The van der Waals surface area contributed by atoms with Crippen LogP contribution in [0.3, 0.4) is 0 Å². The van der Waals surface area contributed by atoms with Crippen molar-refractivity contribution in [3.8, 4) is 12.3 Å². The van der Waals surface area contributed by atoms with Crippen molar-refractivity contribution in [2.24, 2.45) is 50.2 Å². The van der Waals surface area contributed by atoms with E-state index < -0.39 is 12.2 Å². The fraction of sp³-hybridized carbons (Fsp3) is 0.848. The van der Waals surface area contributed by atoms with Gasteiger partial charge in [0.25, 0.3) is 0 Å². The quantitative estimate of drug-likeness (QED) is 0.322. The summed E-state index contributed by atoms with van der Waals surface area (Å²) >= 11 is 0. The van der Waals surface area contributed by atoms with E-state index in [1.165, 1.54) is 0 Å². The van der Waals surface area contributed by atoms with Gasteiger partial charge in [-0.25, -0.2) is 0 Å². The Morgan fingerprint density at radius 3 is 2.35 bits per heavy atom. The van der Waals surface area contributed by atoms with Crippen LogP contribution in [-0.2, 0) is 4.79 Å². The SMILES string of the molecule is C#CCNC(=O)[C@]12CCC(C)(C)C[C@H]1C1=CC[C@@H]3[C@@]4(C)C[C@@H](O)[C@H](O)C(C)(C)[C@@H]4CC[C@@]3(C)[C@]1(C)CC2. The van der Waals surface area contributed by atoms with Crippen molar-refractivity contribution in [2.45, 2.75) is 118 Å². The molecule has 0 unspecified atom stereocenters. The molecule has 206 valence electrons. The highest BCUT2D eigenvalue weighted by molar-refractivity contribution is 5.84. The van der Waals surface area contributed by atoms with Crippen molar-refractivity contribution in [3.63, 3.8) is 0 Å². The lowest BCUT2D eigenvalue weighted by molar-refractivity contribution is -0.231. The molecule has 4 nitrogen and oxygen atoms in total. The van der Waals surface area contributed by atoms with E-state index in [0.29, 0.717) is 24.8 Å². The Balaban J connectivity index is 1.59. The van der Waals surface area contributed by atoms with Crippen molar-refractivity contribution in [3.05, 3.63) is 11.6 Å². The van der Waals surface area contributed by atoms with Gasteiger partial charge in [-0.1, -0.05) is 66.0 Å². The molecule has 4 fully saturated rings. The number of allylic oxidation sites excluding steroid dienone is 2. The number of fused-ring (bicyclic) bond motifs is 7. The number of hydrogen-bond acceptors (Lipinski definition) is 3. The monoisotopic (exact) mass is 509 g/mol. The summed E-state index contributed by atoms with van der Waals surface area (Å²) in [4.78, 5) is 13.8. The highest BCUT2D eigenvalue weighted by atomic mass is 16.3. The first-order chi connectivity index (χ1) is 17.1. The van der Waals surface area contributed by atoms with Gasteiger partial charge in [0, 0.05) is 0 Å². The molecule has 0 bridgehead atoms. The average molecular weight is 510 g/mol. The average Bonchev–Trinajstić information content (AvgIpc) is 2.81. The maximum absolute atomic E-state index is 13.8. The topological polar surface area (TPSA) is 69.6 Å². The molecule has 5 rings (SSSR count). The predicted octanol–water partition coefficient (Wildman–Crippen LogP) is 5.87. The Morgan fingerprint density at radius 1 is 1.00 bits per heavy atom. The van der Waals surface area contributed by atoms with Gasteiger partial charge in [0.05, 0.1) is 24.2 Å². The van der Waals surface area contributed by atoms with E-state index in [2.05, 4.69) is 65.8 Å². The zero-order valence-corrected chi connectivity index (χ0v) is 24.4. The van der Waals surface area contributed by atoms with Crippen LogP contribution in [0.4, 0.5) is 0 Å². The van der Waals surface area contributed by atoms with Crippen LogP contribution in [0.15, 0.2) is 11.6 Å². The van der Waals surface area contributed by atoms with Crippen molar-refractivity contribution >= 4 is 5.91 Å². The van der Waals surface area contributed by atoms with Crippen LogP contribution in [-0.4, -0.2) is 34.9 Å². The van der Waals surface area contributed by atoms with Crippen molar-refractivity contribution in [1.82, 2.24) is 5.32 Å². The van der Waals surface area contributed by atoms with Crippen LogP contribution in [0.5, 0.6) is 0 Å². The van der Waals surface area contributed by atoms with Crippen LogP contribution in [0.25, 0.3) is 0 Å². The Bertz CT molecular complexity index is 1040. The summed E-state index contributed by atoms with van der Waals surface area (Å²) in [5, 5.41) is 25.1. The van der Waals surface area contributed by atoms with Crippen LogP contribution in [0.2, 0.25) is 0 Å². The van der Waals surface area contributed by atoms with E-state index in [4.69, 9.17) is 6.42 Å². The van der Waals surface area contributed by atoms with E-state index in [9.17, 15) is 15.0 Å². The number of hydrogen-bond donors (Lipinski definition) is 3. The van der Waals surface area contributed by atoms with Gasteiger partial charge in [-0.3, -0.25) is 4.79 Å². The third kappa shape index (κ3) is 3.52. The first-order valence-corrected chi connectivity index (χ1v) is 14.9. The first-order valence-electron chi connectivity index (χ1n) is 14.9. The highest BCUT2D eigenvalue weighted by Gasteiger charge is 2.69. The molecule has 5 aliphatic rings. The molecule has 0 radical (unpaired) electrons. The fourth-order valence-corrected chi connectivity index (χ4v) is 11.1. The lowest BCUT2D eigenvalue weighted by Crippen LogP contribution is -2.67. The Hall–Kier alpha value is -1.31. The van der Waals surface area contributed by atoms with Gasteiger partial charge >= 0.3 is 0 Å². The minimum atomic E-state index is -0.671. The van der Waals surface area contributed by atoms with Gasteiger partial charge in [0.15, 0.2) is 0 Å². The number of aliphatic hydroxyl groups is 2. The minimum absolute atomic E-state index is 0.0231. The molecular formula is C33H51NO3. The van der Waals surface area contributed by atoms with Crippen LogP contribution >= 0.6 is 0 Å². The Morgan fingerprint density at radius 2 is 1.68 bits per heavy atom. The molecular weight excluding hydrogens is 458 g/mol. The molecule has 0 aromatic carbocycles. The largest absolute Gasteiger partial charge is 0.390 e. The maximum Gasteiger partial charge on any atom is 0.227 e. The van der Waals surface area contributed by atoms with Gasteiger partial charge in [0.1, 0.15) is 0 Å². The lowest BCUT2D eigenvalue weighted by Gasteiger charge is -2.71.